The van der Waals surface area contributed by atoms with Crippen molar-refractivity contribution >= 4 is 21.0 Å². The quantitative estimate of drug-likeness (QED) is 0.552. The fourth-order valence-corrected chi connectivity index (χ4v) is 4.56. The first-order chi connectivity index (χ1) is 16.9. The number of nitrogens with two attached hydrogens (primary N) is 1. The summed E-state index contributed by atoms with van der Waals surface area (Å²) in [5.74, 6) is -1.21. The number of carbonyl (C=O) groups is 2. The number of benzene rings is 2. The minimum absolute atomic E-state index is 0.00361. The van der Waals surface area contributed by atoms with Crippen molar-refractivity contribution in [3.63, 3.8) is 0 Å². The van der Waals surface area contributed by atoms with Gasteiger partial charge in [-0.3, -0.25) is 4.79 Å². The highest BCUT2D eigenvalue weighted by Gasteiger charge is 2.33. The van der Waals surface area contributed by atoms with Crippen molar-refractivity contribution in [2.75, 3.05) is 40.1 Å². The molecule has 2 unspecified atom stereocenters. The van der Waals surface area contributed by atoms with Crippen LogP contribution in [0.25, 0.3) is 11.1 Å². The van der Waals surface area contributed by atoms with Gasteiger partial charge in [0.1, 0.15) is 11.5 Å². The Morgan fingerprint density at radius 1 is 1.19 bits per heavy atom. The minimum Gasteiger partial charge on any atom is -0.496 e. The maximum atomic E-state index is 13.7. The van der Waals surface area contributed by atoms with Crippen LogP contribution >= 0.6 is 0 Å². The zero-order valence-electron chi connectivity index (χ0n) is 20.2. The highest BCUT2D eigenvalue weighted by Crippen LogP contribution is 2.33. The molecular weight excluding hydrogens is 496 g/mol. The SMILES string of the molecule is COc1cc(F)c(F)cc1-c1ccc(OCC2CCCN(C(=O)N(C)C(N)C(=O)S(C)(=O)=O)C2)cc1. The summed E-state index contributed by atoms with van der Waals surface area (Å²) >= 11 is 0. The molecule has 2 aromatic carbocycles. The van der Waals surface area contributed by atoms with E-state index in [-0.39, 0.29) is 11.7 Å². The van der Waals surface area contributed by atoms with Crippen molar-refractivity contribution in [3.05, 3.63) is 48.0 Å². The summed E-state index contributed by atoms with van der Waals surface area (Å²) in [6.07, 6.45) is 0.683. The molecule has 2 amide bonds. The smallest absolute Gasteiger partial charge is 0.321 e. The van der Waals surface area contributed by atoms with Gasteiger partial charge in [-0.15, -0.1) is 0 Å². The number of hydrogen-bond acceptors (Lipinski definition) is 7. The highest BCUT2D eigenvalue weighted by atomic mass is 32.2. The number of urea groups is 1. The van der Waals surface area contributed by atoms with Crippen molar-refractivity contribution in [2.45, 2.75) is 19.0 Å². The number of likely N-dealkylation sites (N-methyl/N-ethyl adjacent to an activating group) is 1. The fraction of sp³-hybridized carbons (Fsp3) is 0.417. The molecule has 1 saturated heterocycles. The van der Waals surface area contributed by atoms with E-state index in [2.05, 4.69) is 0 Å². The zero-order chi connectivity index (χ0) is 26.6. The van der Waals surface area contributed by atoms with Crippen LogP contribution in [0.3, 0.4) is 0 Å². The van der Waals surface area contributed by atoms with Gasteiger partial charge in [0.2, 0.25) is 9.84 Å². The first kappa shape index (κ1) is 27.3. The summed E-state index contributed by atoms with van der Waals surface area (Å²) in [7, 11) is -1.36. The Hall–Kier alpha value is -3.25. The highest BCUT2D eigenvalue weighted by molar-refractivity contribution is 8.05. The molecule has 0 radical (unpaired) electrons. The Morgan fingerprint density at radius 3 is 2.44 bits per heavy atom. The predicted octanol–water partition coefficient (Wildman–Crippen LogP) is 2.64. The largest absolute Gasteiger partial charge is 0.496 e. The maximum absolute atomic E-state index is 13.7. The van der Waals surface area contributed by atoms with Crippen LogP contribution in [-0.4, -0.2) is 75.6 Å². The normalized spacial score (nSPS) is 16.8. The molecule has 0 spiro atoms. The lowest BCUT2D eigenvalue weighted by Crippen LogP contribution is -2.56. The van der Waals surface area contributed by atoms with Crippen molar-refractivity contribution in [3.8, 4) is 22.6 Å². The van der Waals surface area contributed by atoms with Crippen LogP contribution < -0.4 is 15.2 Å². The minimum atomic E-state index is -4.03. The van der Waals surface area contributed by atoms with E-state index in [4.69, 9.17) is 15.2 Å². The molecule has 196 valence electrons. The lowest BCUT2D eigenvalue weighted by molar-refractivity contribution is -0.115. The molecule has 0 aliphatic carbocycles. The third-order valence-electron chi connectivity index (χ3n) is 6.01. The van der Waals surface area contributed by atoms with Crippen LogP contribution in [-0.2, 0) is 14.6 Å². The van der Waals surface area contributed by atoms with Crippen LogP contribution in [0.4, 0.5) is 13.6 Å². The number of likely N-dealkylation sites (tertiary alicyclic amines) is 1. The molecule has 3 rings (SSSR count). The number of hydrogen-bond donors (Lipinski definition) is 1. The van der Waals surface area contributed by atoms with Gasteiger partial charge < -0.3 is 25.0 Å². The number of piperidine rings is 1. The number of ether oxygens (including phenoxy) is 2. The van der Waals surface area contributed by atoms with E-state index in [1.807, 2.05) is 0 Å². The second-order valence-corrected chi connectivity index (χ2v) is 10.6. The summed E-state index contributed by atoms with van der Waals surface area (Å²) in [5.41, 5.74) is 6.71. The third-order valence-corrected chi connectivity index (χ3v) is 6.98. The van der Waals surface area contributed by atoms with Crippen molar-refractivity contribution in [1.82, 2.24) is 9.80 Å². The molecule has 0 aromatic heterocycles. The molecule has 2 aromatic rings. The van der Waals surface area contributed by atoms with Gasteiger partial charge in [0.25, 0.3) is 5.12 Å². The molecule has 36 heavy (non-hydrogen) atoms. The molecule has 12 heteroatoms. The number of halogens is 2. The number of methoxy groups -OCH3 is 1. The van der Waals surface area contributed by atoms with Gasteiger partial charge in [-0.1, -0.05) is 12.1 Å². The number of sulfone groups is 1. The van der Waals surface area contributed by atoms with Gasteiger partial charge in [0, 0.05) is 43.9 Å². The zero-order valence-corrected chi connectivity index (χ0v) is 21.1. The summed E-state index contributed by atoms with van der Waals surface area (Å²) in [6, 6.07) is 8.34. The van der Waals surface area contributed by atoms with Crippen molar-refractivity contribution in [1.29, 1.82) is 0 Å². The molecule has 0 bridgehead atoms. The Labute approximate surface area is 208 Å². The van der Waals surface area contributed by atoms with Gasteiger partial charge >= 0.3 is 6.03 Å². The monoisotopic (exact) mass is 525 g/mol. The van der Waals surface area contributed by atoms with Crippen molar-refractivity contribution in [2.24, 2.45) is 11.7 Å². The predicted molar refractivity (Wildman–Crippen MR) is 129 cm³/mol. The van der Waals surface area contributed by atoms with Gasteiger partial charge in [-0.2, -0.15) is 0 Å². The number of rotatable bonds is 7. The van der Waals surface area contributed by atoms with Crippen LogP contribution in [0, 0.1) is 17.6 Å². The Balaban J connectivity index is 1.60. The summed E-state index contributed by atoms with van der Waals surface area (Å²) in [4.78, 5) is 27.1. The third kappa shape index (κ3) is 6.30. The van der Waals surface area contributed by atoms with E-state index in [1.54, 1.807) is 24.3 Å². The van der Waals surface area contributed by atoms with Crippen LogP contribution in [0.5, 0.6) is 11.5 Å². The second-order valence-electron chi connectivity index (χ2n) is 8.69. The number of amides is 2. The topological polar surface area (TPSA) is 119 Å². The summed E-state index contributed by atoms with van der Waals surface area (Å²) in [6.45, 7) is 1.12. The lowest BCUT2D eigenvalue weighted by atomic mass is 9.99. The molecule has 2 atom stereocenters. The molecule has 9 nitrogen and oxygen atoms in total. The van der Waals surface area contributed by atoms with Gasteiger partial charge in [0.05, 0.1) is 13.7 Å². The Kier molecular flexibility index (Phi) is 8.51. The van der Waals surface area contributed by atoms with E-state index < -0.39 is 38.8 Å². The average molecular weight is 526 g/mol. The van der Waals surface area contributed by atoms with E-state index in [0.717, 1.165) is 29.7 Å². The summed E-state index contributed by atoms with van der Waals surface area (Å²) in [5, 5.41) is -1.22. The van der Waals surface area contributed by atoms with Crippen LogP contribution in [0.1, 0.15) is 12.8 Å². The molecular formula is C24H29F2N3O6S. The van der Waals surface area contributed by atoms with Crippen LogP contribution in [0.2, 0.25) is 0 Å². The number of carbonyl (C=O) groups excluding carboxylic acids is 2. The Morgan fingerprint density at radius 2 is 1.83 bits per heavy atom. The van der Waals surface area contributed by atoms with E-state index in [9.17, 15) is 26.8 Å². The number of nitrogens with zero attached hydrogens (tertiary/aromatic N) is 2. The standard InChI is InChI=1S/C24H29F2N3O6S/c1-28(22(27)23(30)36(3,32)33)24(31)29-10-4-5-15(13-29)14-35-17-8-6-16(7-9-17)18-11-19(25)20(26)12-21(18)34-2/h6-9,11-12,15,22H,4-5,10,13-14,27H2,1-3H3. The van der Waals surface area contributed by atoms with E-state index in [1.165, 1.54) is 19.1 Å². The summed E-state index contributed by atoms with van der Waals surface area (Å²) < 4.78 is 61.2. The van der Waals surface area contributed by atoms with Crippen molar-refractivity contribution < 1.29 is 36.3 Å². The van der Waals surface area contributed by atoms with Crippen LogP contribution in [0.15, 0.2) is 36.4 Å². The molecule has 1 heterocycles. The molecule has 1 fully saturated rings. The molecule has 1 aliphatic rings. The van der Waals surface area contributed by atoms with E-state index in [0.29, 0.717) is 43.0 Å². The van der Waals surface area contributed by atoms with Gasteiger partial charge in [-0.05, 0) is 36.6 Å². The van der Waals surface area contributed by atoms with Gasteiger partial charge in [-0.25, -0.2) is 22.0 Å². The van der Waals surface area contributed by atoms with Gasteiger partial charge in [0.15, 0.2) is 17.8 Å². The first-order valence-electron chi connectivity index (χ1n) is 11.2. The maximum Gasteiger partial charge on any atom is 0.321 e. The van der Waals surface area contributed by atoms with E-state index >= 15 is 0 Å². The molecule has 0 saturated carbocycles. The molecule has 1 aliphatic heterocycles. The first-order valence-corrected chi connectivity index (χ1v) is 13.1. The second kappa shape index (κ2) is 11.2. The average Bonchev–Trinajstić information content (AvgIpc) is 2.87. The molecule has 2 N–H and O–H groups in total. The Bertz CT molecular complexity index is 1220. The fourth-order valence-electron chi connectivity index (χ4n) is 3.96. The lowest BCUT2D eigenvalue weighted by Gasteiger charge is -2.36.